The molecule has 4 N–H and O–H groups in total. The Balaban J connectivity index is 3.24. The Bertz CT molecular complexity index is 535. The van der Waals surface area contributed by atoms with Crippen molar-refractivity contribution in [1.29, 1.82) is 0 Å². The van der Waals surface area contributed by atoms with E-state index in [0.717, 1.165) is 12.1 Å². The number of carbonyl (C=O) groups excluding carboxylic acids is 1. The Hall–Kier alpha value is -2.45. The van der Waals surface area contributed by atoms with E-state index in [-0.39, 0.29) is 5.56 Å². The number of carboxylic acid groups (broad SMARTS) is 2. The van der Waals surface area contributed by atoms with Gasteiger partial charge < -0.3 is 25.2 Å². The third-order valence-corrected chi connectivity index (χ3v) is 2.65. The maximum atomic E-state index is 12.0. The molecule has 0 aromatic heterocycles. The number of aliphatic carboxylic acids is 2. The first-order chi connectivity index (χ1) is 9.25. The molecule has 0 unspecified atom stereocenters. The van der Waals surface area contributed by atoms with Crippen molar-refractivity contribution in [2.45, 2.75) is 11.7 Å². The van der Waals surface area contributed by atoms with Crippen LogP contribution in [0, 0.1) is 0 Å². The molecule has 0 amide bonds. The average Bonchev–Trinajstić information content (AvgIpc) is 2.44. The molecule has 0 fully saturated rings. The molecule has 0 spiro atoms. The van der Waals surface area contributed by atoms with E-state index in [4.69, 9.17) is 14.9 Å². The molecule has 0 saturated heterocycles. The number of aliphatic hydroxyl groups is 2. The lowest BCUT2D eigenvalue weighted by Gasteiger charge is -2.24. The lowest BCUT2D eigenvalue weighted by atomic mass is 9.87. The van der Waals surface area contributed by atoms with Gasteiger partial charge in [0.1, 0.15) is 5.75 Å². The van der Waals surface area contributed by atoms with E-state index >= 15 is 0 Å². The van der Waals surface area contributed by atoms with Crippen LogP contribution in [0.4, 0.5) is 0 Å². The Labute approximate surface area is 112 Å². The van der Waals surface area contributed by atoms with Crippen molar-refractivity contribution in [3.05, 3.63) is 29.8 Å². The smallest absolute Gasteiger partial charge is 0.347 e. The van der Waals surface area contributed by atoms with Gasteiger partial charge in [0.05, 0.1) is 7.11 Å². The Morgan fingerprint density at radius 3 is 2.00 bits per heavy atom. The van der Waals surface area contributed by atoms with E-state index in [1.165, 1.54) is 19.2 Å². The predicted octanol–water partition coefficient (Wildman–Crippen LogP) is -0.861. The number of benzene rings is 1. The van der Waals surface area contributed by atoms with Gasteiger partial charge in [-0.15, -0.1) is 0 Å². The molecule has 1 aromatic rings. The highest BCUT2D eigenvalue weighted by molar-refractivity contribution is 6.17. The molecule has 0 radical (unpaired) electrons. The van der Waals surface area contributed by atoms with E-state index in [1.807, 2.05) is 0 Å². The maximum absolute atomic E-state index is 12.0. The first-order valence-electron chi connectivity index (χ1n) is 5.30. The molecule has 8 nitrogen and oxygen atoms in total. The third kappa shape index (κ3) is 2.60. The van der Waals surface area contributed by atoms with Crippen LogP contribution >= 0.6 is 0 Å². The van der Waals surface area contributed by atoms with Gasteiger partial charge in [-0.3, -0.25) is 4.79 Å². The number of hydrogen-bond acceptors (Lipinski definition) is 6. The average molecular weight is 284 g/mol. The van der Waals surface area contributed by atoms with Gasteiger partial charge in [-0.05, 0) is 24.3 Å². The van der Waals surface area contributed by atoms with Crippen molar-refractivity contribution in [3.8, 4) is 5.75 Å². The number of ether oxygens (including phenoxy) is 1. The minimum absolute atomic E-state index is 0.281. The van der Waals surface area contributed by atoms with Gasteiger partial charge >= 0.3 is 11.9 Å². The van der Waals surface area contributed by atoms with E-state index < -0.39 is 29.4 Å². The topological polar surface area (TPSA) is 141 Å². The number of carboxylic acids is 2. The van der Waals surface area contributed by atoms with Gasteiger partial charge in [-0.1, -0.05) is 0 Å². The van der Waals surface area contributed by atoms with Crippen molar-refractivity contribution < 1.29 is 39.5 Å². The summed E-state index contributed by atoms with van der Waals surface area (Å²) in [6, 6.07) is 4.93. The number of aliphatic hydroxyl groups excluding tert-OH is 1. The zero-order chi connectivity index (χ0) is 15.5. The Morgan fingerprint density at radius 2 is 1.65 bits per heavy atom. The molecule has 20 heavy (non-hydrogen) atoms. The van der Waals surface area contributed by atoms with Crippen LogP contribution in [-0.2, 0) is 9.59 Å². The fraction of sp³-hybridized carbons (Fsp3) is 0.250. The number of methoxy groups -OCH3 is 1. The summed E-state index contributed by atoms with van der Waals surface area (Å²) in [5.41, 5.74) is -3.75. The molecule has 0 bridgehead atoms. The monoisotopic (exact) mass is 284 g/mol. The summed E-state index contributed by atoms with van der Waals surface area (Å²) >= 11 is 0. The Morgan fingerprint density at radius 1 is 1.15 bits per heavy atom. The van der Waals surface area contributed by atoms with Crippen LogP contribution < -0.4 is 4.74 Å². The van der Waals surface area contributed by atoms with Crippen LogP contribution in [-0.4, -0.2) is 57.0 Å². The lowest BCUT2D eigenvalue weighted by Crippen LogP contribution is -2.58. The second-order valence-electron chi connectivity index (χ2n) is 3.87. The molecule has 1 rings (SSSR count). The number of hydrogen-bond donors (Lipinski definition) is 4. The summed E-state index contributed by atoms with van der Waals surface area (Å²) in [6.45, 7) is 0. The molecule has 0 aliphatic carbocycles. The zero-order valence-electron chi connectivity index (χ0n) is 10.3. The fourth-order valence-electron chi connectivity index (χ4n) is 1.48. The minimum Gasteiger partial charge on any atom is -0.497 e. The van der Waals surface area contributed by atoms with Crippen LogP contribution in [0.5, 0.6) is 5.75 Å². The molecule has 2 atom stereocenters. The number of carbonyl (C=O) groups is 3. The van der Waals surface area contributed by atoms with Crippen LogP contribution in [0.1, 0.15) is 10.4 Å². The number of rotatable bonds is 6. The normalized spacial score (nSPS) is 14.9. The summed E-state index contributed by atoms with van der Waals surface area (Å²) in [5, 5.41) is 36.5. The molecule has 0 saturated carbocycles. The second kappa shape index (κ2) is 5.68. The van der Waals surface area contributed by atoms with Crippen LogP contribution in [0.3, 0.4) is 0 Å². The highest BCUT2D eigenvalue weighted by Gasteiger charge is 2.54. The van der Waals surface area contributed by atoms with E-state index in [0.29, 0.717) is 5.75 Å². The molecule has 0 aliphatic heterocycles. The van der Waals surface area contributed by atoms with E-state index in [9.17, 15) is 24.6 Å². The molecular formula is C12H12O8. The summed E-state index contributed by atoms with van der Waals surface area (Å²) in [4.78, 5) is 33.6. The highest BCUT2D eigenvalue weighted by Crippen LogP contribution is 2.21. The van der Waals surface area contributed by atoms with Crippen molar-refractivity contribution >= 4 is 17.7 Å². The summed E-state index contributed by atoms with van der Waals surface area (Å²) < 4.78 is 4.83. The third-order valence-electron chi connectivity index (χ3n) is 2.65. The first-order valence-corrected chi connectivity index (χ1v) is 5.30. The summed E-state index contributed by atoms with van der Waals surface area (Å²) in [6.07, 6.45) is -2.80. The minimum atomic E-state index is -3.47. The van der Waals surface area contributed by atoms with Crippen LogP contribution in [0.2, 0.25) is 0 Å². The first kappa shape index (κ1) is 15.6. The van der Waals surface area contributed by atoms with Crippen molar-refractivity contribution in [2.24, 2.45) is 0 Å². The lowest BCUT2D eigenvalue weighted by molar-refractivity contribution is -0.175. The van der Waals surface area contributed by atoms with Gasteiger partial charge in [0.25, 0.3) is 5.60 Å². The van der Waals surface area contributed by atoms with Gasteiger partial charge in [0.2, 0.25) is 5.78 Å². The standard InChI is InChI=1S/C12H12O8/c1-20-7-4-2-6(3-5-7)8(13)12(19,11(17)18)9(14)10(15)16/h2-5,9,14,19H,1H3,(H,15,16)(H,17,18)/t9-,12+/m1/s1. The van der Waals surface area contributed by atoms with E-state index in [1.54, 1.807) is 0 Å². The van der Waals surface area contributed by atoms with Gasteiger partial charge in [0, 0.05) is 5.56 Å². The molecule has 0 heterocycles. The van der Waals surface area contributed by atoms with Gasteiger partial charge in [-0.25, -0.2) is 9.59 Å². The largest absolute Gasteiger partial charge is 0.497 e. The number of ketones is 1. The van der Waals surface area contributed by atoms with Crippen LogP contribution in [0.15, 0.2) is 24.3 Å². The molecule has 1 aromatic carbocycles. The molecule has 8 heteroatoms. The maximum Gasteiger partial charge on any atom is 0.347 e. The van der Waals surface area contributed by atoms with Crippen molar-refractivity contribution in [3.63, 3.8) is 0 Å². The quantitative estimate of drug-likeness (QED) is 0.390. The molecule has 108 valence electrons. The highest BCUT2D eigenvalue weighted by atomic mass is 16.5. The second-order valence-corrected chi connectivity index (χ2v) is 3.87. The molecule has 0 aliphatic rings. The fourth-order valence-corrected chi connectivity index (χ4v) is 1.48. The van der Waals surface area contributed by atoms with Crippen LogP contribution in [0.25, 0.3) is 0 Å². The molecular weight excluding hydrogens is 272 g/mol. The van der Waals surface area contributed by atoms with Gasteiger partial charge in [-0.2, -0.15) is 0 Å². The summed E-state index contributed by atoms with van der Waals surface area (Å²) in [5.74, 6) is -5.26. The summed E-state index contributed by atoms with van der Waals surface area (Å²) in [7, 11) is 1.37. The SMILES string of the molecule is COc1ccc(C(=O)[C@@](O)(C(=O)O)[C@H](O)C(=O)O)cc1. The van der Waals surface area contributed by atoms with E-state index in [2.05, 4.69) is 0 Å². The van der Waals surface area contributed by atoms with Crippen molar-refractivity contribution in [2.75, 3.05) is 7.11 Å². The van der Waals surface area contributed by atoms with Crippen molar-refractivity contribution in [1.82, 2.24) is 0 Å². The number of Topliss-reactive ketones (excluding diaryl/α,β-unsaturated/α-hetero) is 1. The predicted molar refractivity (Wildman–Crippen MR) is 63.6 cm³/mol. The zero-order valence-corrected chi connectivity index (χ0v) is 10.3. The Kier molecular flexibility index (Phi) is 4.43. The van der Waals surface area contributed by atoms with Gasteiger partial charge in [0.15, 0.2) is 6.10 Å².